The van der Waals surface area contributed by atoms with E-state index in [1.807, 2.05) is 38.1 Å². The molecule has 0 saturated carbocycles. The number of aromatic nitrogens is 2. The van der Waals surface area contributed by atoms with Crippen molar-refractivity contribution in [3.63, 3.8) is 0 Å². The van der Waals surface area contributed by atoms with Gasteiger partial charge in [0, 0.05) is 86.5 Å². The predicted octanol–water partition coefficient (Wildman–Crippen LogP) is 6.83. The molecule has 68 heavy (non-hydrogen) atoms. The molecule has 0 spiro atoms. The predicted molar refractivity (Wildman–Crippen MR) is 256 cm³/mol. The molecule has 2 aromatic carbocycles. The number of nitrogens with one attached hydrogen (secondary N) is 3. The molecule has 3 N–H and O–H groups in total. The molecule has 1 unspecified atom stereocenters. The lowest BCUT2D eigenvalue weighted by Crippen LogP contribution is -2.62. The number of amides is 4. The van der Waals surface area contributed by atoms with Gasteiger partial charge < -0.3 is 39.0 Å². The summed E-state index contributed by atoms with van der Waals surface area (Å²) in [7, 11) is 3.26. The van der Waals surface area contributed by atoms with E-state index in [1.165, 1.54) is 9.91 Å². The SMILES string of the molecule is CCn1c2c3c4cc(ccc41)-c1cc4cc(c1)OCC[C@@H](NC(=O)OC(C)(C)C)CC(=O)N(C)[C@@H](C(C)C)C(=O)N[C@@H](C4)C(=O)N1CCC[C@H](N1)C(=O)OCC(C)(C)C3[C@H](OC)c1ncccc1-2. The number of hydrogen-bond acceptors (Lipinski definition) is 11. The van der Waals surface area contributed by atoms with Crippen molar-refractivity contribution >= 4 is 40.7 Å². The van der Waals surface area contributed by atoms with Crippen molar-refractivity contribution in [2.24, 2.45) is 11.3 Å². The molecule has 364 valence electrons. The van der Waals surface area contributed by atoms with Gasteiger partial charge in [-0.1, -0.05) is 39.8 Å². The van der Waals surface area contributed by atoms with Gasteiger partial charge in [0.05, 0.1) is 24.6 Å². The smallest absolute Gasteiger partial charge is 0.407 e. The van der Waals surface area contributed by atoms with E-state index >= 15 is 0 Å². The highest BCUT2D eigenvalue weighted by atomic mass is 16.6. The van der Waals surface area contributed by atoms with E-state index in [2.05, 4.69) is 65.7 Å². The van der Waals surface area contributed by atoms with Crippen LogP contribution in [0.15, 0.2) is 54.7 Å². The van der Waals surface area contributed by atoms with E-state index in [0.717, 1.165) is 44.5 Å². The Morgan fingerprint density at radius 3 is 2.50 bits per heavy atom. The maximum atomic E-state index is 14.9. The summed E-state index contributed by atoms with van der Waals surface area (Å²) in [6.07, 6.45) is 1.77. The van der Waals surface area contributed by atoms with Gasteiger partial charge >= 0.3 is 12.1 Å². The standard InChI is InChI=1S/C52H67N7O9/c1-11-58-39-17-16-31-26-36(39)41-42(46(65-10)43-35(45(41)58)14-12-19-53-43)52(7,8)28-67-49(63)37-15-13-20-59(56-37)48(62)38-24-30-22-32(31)25-34(23-30)66-21-18-33(54-50(64)68-51(4,5)6)27-40(60)57(9)44(29(2)3)47(61)55-38/h12,14,16-17,19,22-23,25-26,29,33,37-38,42,44,46,56H,11,13,15,18,20-21,24,27-28H2,1-10H3,(H,54,64)(H,55,61)/t33-,37+,38+,42?,44+,46+/m1/s1. The summed E-state index contributed by atoms with van der Waals surface area (Å²) in [5.74, 6) is -1.98. The Morgan fingerprint density at radius 2 is 1.78 bits per heavy atom. The Hall–Kier alpha value is -6.00. The second-order valence-corrected chi connectivity index (χ2v) is 20.7. The van der Waals surface area contributed by atoms with Crippen LogP contribution < -0.4 is 20.8 Å². The second kappa shape index (κ2) is 19.2. The van der Waals surface area contributed by atoms with Gasteiger partial charge in [0.25, 0.3) is 5.91 Å². The monoisotopic (exact) mass is 934 g/mol. The van der Waals surface area contributed by atoms with Gasteiger partial charge in [0.1, 0.15) is 35.6 Å². The third kappa shape index (κ3) is 9.67. The molecule has 16 heteroatoms. The van der Waals surface area contributed by atoms with Crippen LogP contribution in [0.3, 0.4) is 0 Å². The van der Waals surface area contributed by atoms with Crippen LogP contribution in [-0.2, 0) is 46.4 Å². The number of alkyl carbamates (subject to hydrolysis) is 1. The van der Waals surface area contributed by atoms with Crippen LogP contribution in [0.2, 0.25) is 0 Å². The average molecular weight is 934 g/mol. The largest absolute Gasteiger partial charge is 0.493 e. The Balaban J connectivity index is 1.31. The number of esters is 1. The number of cyclic esters (lactones) is 1. The topological polar surface area (TPSA) is 183 Å². The van der Waals surface area contributed by atoms with Crippen LogP contribution in [0.25, 0.3) is 33.3 Å². The maximum Gasteiger partial charge on any atom is 0.407 e. The molecule has 4 amide bonds. The molecule has 2 aromatic heterocycles. The molecule has 4 aromatic rings. The molecule has 1 saturated heterocycles. The quantitative estimate of drug-likeness (QED) is 0.183. The van der Waals surface area contributed by atoms with Gasteiger partial charge in [0.15, 0.2) is 0 Å². The van der Waals surface area contributed by atoms with E-state index in [9.17, 15) is 24.0 Å². The molecule has 16 nitrogen and oxygen atoms in total. The van der Waals surface area contributed by atoms with Crippen molar-refractivity contribution in [3.8, 4) is 28.1 Å². The first-order valence-corrected chi connectivity index (χ1v) is 24.0. The number of nitrogens with zero attached hydrogens (tertiary/aromatic N) is 4. The first kappa shape index (κ1) is 48.5. The Kier molecular flexibility index (Phi) is 13.7. The Bertz CT molecular complexity index is 2600. The lowest BCUT2D eigenvalue weighted by molar-refractivity contribution is -0.156. The Labute approximate surface area is 398 Å². The number of hydrazine groups is 1. The van der Waals surface area contributed by atoms with Crippen LogP contribution in [0, 0.1) is 11.3 Å². The van der Waals surface area contributed by atoms with E-state index in [4.69, 9.17) is 23.9 Å². The number of hydrogen-bond donors (Lipinski definition) is 3. The number of rotatable bonds is 4. The molecule has 8 rings (SSSR count). The lowest BCUT2D eigenvalue weighted by Gasteiger charge is -2.42. The number of carbonyl (C=O) groups excluding carboxylic acids is 5. The fraction of sp³-hybridized carbons (Fsp3) is 0.538. The van der Waals surface area contributed by atoms with Crippen molar-refractivity contribution < 1.29 is 42.9 Å². The van der Waals surface area contributed by atoms with E-state index in [1.54, 1.807) is 41.1 Å². The summed E-state index contributed by atoms with van der Waals surface area (Å²) in [6.45, 7) is 16.4. The number of benzene rings is 2. The minimum Gasteiger partial charge on any atom is -0.493 e. The molecule has 1 fully saturated rings. The number of fused-ring (bicyclic) bond motifs is 9. The zero-order chi connectivity index (χ0) is 48.8. The van der Waals surface area contributed by atoms with Crippen LogP contribution in [0.4, 0.5) is 4.79 Å². The molecule has 5 heterocycles. The molecule has 8 bridgehead atoms. The fourth-order valence-corrected chi connectivity index (χ4v) is 10.6. The van der Waals surface area contributed by atoms with Crippen molar-refractivity contribution in [3.05, 3.63) is 71.5 Å². The minimum atomic E-state index is -1.12. The second-order valence-electron chi connectivity index (χ2n) is 20.7. The number of pyridine rings is 1. The number of methoxy groups -OCH3 is 1. The fourth-order valence-electron chi connectivity index (χ4n) is 10.6. The summed E-state index contributed by atoms with van der Waals surface area (Å²) in [6, 6.07) is 12.7. The third-order valence-electron chi connectivity index (χ3n) is 13.8. The summed E-state index contributed by atoms with van der Waals surface area (Å²) in [4.78, 5) is 77.1. The van der Waals surface area contributed by atoms with Gasteiger partial charge in [-0.25, -0.2) is 10.2 Å². The van der Waals surface area contributed by atoms with Crippen LogP contribution in [0.1, 0.15) is 110 Å². The average Bonchev–Trinajstić information content (AvgIpc) is 3.61. The minimum absolute atomic E-state index is 0.0565. The number of aryl methyl sites for hydroxylation is 1. The normalized spacial score (nSPS) is 24.6. The zero-order valence-electron chi connectivity index (χ0n) is 41.1. The van der Waals surface area contributed by atoms with Crippen LogP contribution >= 0.6 is 0 Å². The van der Waals surface area contributed by atoms with Crippen molar-refractivity contribution in [1.29, 1.82) is 0 Å². The van der Waals surface area contributed by atoms with E-state index < -0.39 is 65.2 Å². The summed E-state index contributed by atoms with van der Waals surface area (Å²) < 4.78 is 27.1. The lowest BCUT2D eigenvalue weighted by atomic mass is 9.67. The van der Waals surface area contributed by atoms with Gasteiger partial charge in [0.2, 0.25) is 11.8 Å². The van der Waals surface area contributed by atoms with Gasteiger partial charge in [-0.3, -0.25) is 29.2 Å². The molecular formula is C52H67N7O9. The maximum absolute atomic E-state index is 14.9. The van der Waals surface area contributed by atoms with E-state index in [0.29, 0.717) is 30.7 Å². The number of likely N-dealkylation sites (N-methyl/N-ethyl adjacent to an activating group) is 1. The van der Waals surface area contributed by atoms with Crippen LogP contribution in [-0.4, -0.2) is 113 Å². The number of ether oxygens (including phenoxy) is 4. The Morgan fingerprint density at radius 1 is 1.00 bits per heavy atom. The molecule has 6 atom stereocenters. The zero-order valence-corrected chi connectivity index (χ0v) is 41.1. The van der Waals surface area contributed by atoms with Crippen molar-refractivity contribution in [2.75, 3.05) is 33.9 Å². The highest BCUT2D eigenvalue weighted by Gasteiger charge is 2.48. The third-order valence-corrected chi connectivity index (χ3v) is 13.8. The highest BCUT2D eigenvalue weighted by molar-refractivity contribution is 5.97. The summed E-state index contributed by atoms with van der Waals surface area (Å²) in [5, 5.41) is 8.35. The summed E-state index contributed by atoms with van der Waals surface area (Å²) in [5.41, 5.74) is 9.08. The summed E-state index contributed by atoms with van der Waals surface area (Å²) >= 11 is 0. The first-order valence-electron chi connectivity index (χ1n) is 24.0. The molecule has 3 aliphatic heterocycles. The molecule has 4 aliphatic rings. The van der Waals surface area contributed by atoms with Gasteiger partial charge in [-0.2, -0.15) is 0 Å². The highest BCUT2D eigenvalue weighted by Crippen LogP contribution is 2.57. The van der Waals surface area contributed by atoms with Crippen molar-refractivity contribution in [2.45, 2.75) is 136 Å². The van der Waals surface area contributed by atoms with Gasteiger partial charge in [-0.05, 0) is 105 Å². The molecule has 0 radical (unpaired) electrons. The number of carbonyl (C=O) groups is 5. The van der Waals surface area contributed by atoms with E-state index in [-0.39, 0.29) is 56.8 Å². The molecular weight excluding hydrogens is 867 g/mol. The van der Waals surface area contributed by atoms with Crippen molar-refractivity contribution in [1.82, 2.24) is 35.5 Å². The van der Waals surface area contributed by atoms with Gasteiger partial charge in [-0.15, -0.1) is 0 Å². The first-order chi connectivity index (χ1) is 32.3. The molecule has 1 aliphatic carbocycles. The van der Waals surface area contributed by atoms with Crippen LogP contribution in [0.5, 0.6) is 5.75 Å².